The molecule has 0 fully saturated rings. The average Bonchev–Trinajstić information content (AvgIpc) is 2.50. The van der Waals surface area contributed by atoms with Gasteiger partial charge < -0.3 is 10.1 Å². The molecule has 1 aromatic rings. The number of benzene rings is 1. The molecule has 6 heteroatoms. The molecule has 0 unspecified atom stereocenters. The second-order valence-electron chi connectivity index (χ2n) is 4.15. The molecule has 0 aliphatic heterocycles. The van der Waals surface area contributed by atoms with E-state index in [0.717, 1.165) is 18.2 Å². The Morgan fingerprint density at radius 1 is 1.14 bits per heavy atom. The highest BCUT2D eigenvalue weighted by Gasteiger charge is 2.09. The van der Waals surface area contributed by atoms with Crippen LogP contribution in [0.25, 0.3) is 0 Å². The molecular weight excluding hydrogens is 292 g/mol. The SMILES string of the molecule is C=C(CCC(=O)NCc1cc(F)cc(F)c1)C(=O)OC.CC. The van der Waals surface area contributed by atoms with Gasteiger partial charge in [-0.2, -0.15) is 0 Å². The molecule has 0 saturated heterocycles. The zero-order valence-corrected chi connectivity index (χ0v) is 13.0. The van der Waals surface area contributed by atoms with Crippen molar-refractivity contribution in [2.75, 3.05) is 7.11 Å². The van der Waals surface area contributed by atoms with Gasteiger partial charge in [-0.05, 0) is 24.1 Å². The third kappa shape index (κ3) is 7.52. The summed E-state index contributed by atoms with van der Waals surface area (Å²) in [5.41, 5.74) is 0.516. The monoisotopic (exact) mass is 313 g/mol. The van der Waals surface area contributed by atoms with E-state index in [0.29, 0.717) is 5.56 Å². The molecule has 0 atom stereocenters. The van der Waals surface area contributed by atoms with Crippen LogP contribution in [0.3, 0.4) is 0 Å². The van der Waals surface area contributed by atoms with Crippen LogP contribution in [-0.2, 0) is 20.9 Å². The Bertz CT molecular complexity index is 510. The Hall–Kier alpha value is -2.24. The smallest absolute Gasteiger partial charge is 0.333 e. The number of ether oxygens (including phenoxy) is 1. The Kier molecular flexibility index (Phi) is 9.41. The highest BCUT2D eigenvalue weighted by atomic mass is 19.1. The summed E-state index contributed by atoms with van der Waals surface area (Å²) in [6.07, 6.45) is 0.210. The number of hydrogen-bond donors (Lipinski definition) is 1. The van der Waals surface area contributed by atoms with Gasteiger partial charge in [-0.15, -0.1) is 0 Å². The summed E-state index contributed by atoms with van der Waals surface area (Å²) in [7, 11) is 1.23. The van der Waals surface area contributed by atoms with Gasteiger partial charge in [0.25, 0.3) is 0 Å². The van der Waals surface area contributed by atoms with Crippen LogP contribution in [-0.4, -0.2) is 19.0 Å². The standard InChI is InChI=1S/C14H15F2NO3.C2H6/c1-9(14(19)20-2)3-4-13(18)17-8-10-5-11(15)7-12(16)6-10;1-2/h5-7H,1,3-4,8H2,2H3,(H,17,18);1-2H3. The van der Waals surface area contributed by atoms with Crippen molar-refractivity contribution < 1.29 is 23.1 Å². The fourth-order valence-electron chi connectivity index (χ4n) is 1.51. The van der Waals surface area contributed by atoms with Gasteiger partial charge in [-0.1, -0.05) is 20.4 Å². The molecule has 0 spiro atoms. The van der Waals surface area contributed by atoms with E-state index >= 15 is 0 Å². The molecule has 1 N–H and O–H groups in total. The summed E-state index contributed by atoms with van der Waals surface area (Å²) in [6.45, 7) is 7.50. The molecule has 0 bridgehead atoms. The first-order valence-electron chi connectivity index (χ1n) is 6.90. The van der Waals surface area contributed by atoms with E-state index in [4.69, 9.17) is 0 Å². The molecule has 1 rings (SSSR count). The van der Waals surface area contributed by atoms with E-state index in [2.05, 4.69) is 16.6 Å². The topological polar surface area (TPSA) is 55.4 Å². The van der Waals surface area contributed by atoms with Crippen LogP contribution in [0, 0.1) is 11.6 Å². The summed E-state index contributed by atoms with van der Waals surface area (Å²) in [5, 5.41) is 2.50. The maximum atomic E-state index is 12.9. The van der Waals surface area contributed by atoms with Crippen LogP contribution in [0.1, 0.15) is 32.3 Å². The summed E-state index contributed by atoms with van der Waals surface area (Å²) in [4.78, 5) is 22.6. The van der Waals surface area contributed by atoms with E-state index in [1.54, 1.807) is 0 Å². The van der Waals surface area contributed by atoms with E-state index in [-0.39, 0.29) is 30.9 Å². The van der Waals surface area contributed by atoms with Gasteiger partial charge in [0, 0.05) is 24.6 Å². The number of rotatable bonds is 6. The van der Waals surface area contributed by atoms with Crippen molar-refractivity contribution >= 4 is 11.9 Å². The molecule has 4 nitrogen and oxygen atoms in total. The molecule has 122 valence electrons. The van der Waals surface area contributed by atoms with Crippen LogP contribution < -0.4 is 5.32 Å². The van der Waals surface area contributed by atoms with Crippen molar-refractivity contribution in [2.24, 2.45) is 0 Å². The van der Waals surface area contributed by atoms with E-state index in [1.165, 1.54) is 7.11 Å². The highest BCUT2D eigenvalue weighted by molar-refractivity contribution is 5.88. The number of methoxy groups -OCH3 is 1. The summed E-state index contributed by atoms with van der Waals surface area (Å²) < 4.78 is 30.3. The molecule has 1 amide bonds. The molecule has 0 aliphatic carbocycles. The predicted octanol–water partition coefficient (Wildman–Crippen LogP) is 3.12. The van der Waals surface area contributed by atoms with Gasteiger partial charge in [-0.25, -0.2) is 13.6 Å². The van der Waals surface area contributed by atoms with Crippen LogP contribution in [0.15, 0.2) is 30.4 Å². The van der Waals surface area contributed by atoms with Gasteiger partial charge in [-0.3, -0.25) is 4.79 Å². The maximum absolute atomic E-state index is 12.9. The Morgan fingerprint density at radius 2 is 1.68 bits per heavy atom. The first kappa shape index (κ1) is 19.8. The minimum Gasteiger partial charge on any atom is -0.466 e. The molecule has 0 radical (unpaired) electrons. The van der Waals surface area contributed by atoms with E-state index in [1.807, 2.05) is 13.8 Å². The zero-order chi connectivity index (χ0) is 17.1. The van der Waals surface area contributed by atoms with Crippen LogP contribution in [0.4, 0.5) is 8.78 Å². The zero-order valence-electron chi connectivity index (χ0n) is 13.0. The number of carbonyl (C=O) groups is 2. The van der Waals surface area contributed by atoms with Crippen LogP contribution >= 0.6 is 0 Å². The summed E-state index contributed by atoms with van der Waals surface area (Å²) in [6, 6.07) is 3.03. The van der Waals surface area contributed by atoms with Gasteiger partial charge in [0.05, 0.1) is 7.11 Å². The average molecular weight is 313 g/mol. The minimum atomic E-state index is -0.701. The summed E-state index contributed by atoms with van der Waals surface area (Å²) >= 11 is 0. The van der Waals surface area contributed by atoms with Crippen molar-refractivity contribution in [2.45, 2.75) is 33.2 Å². The third-order valence-electron chi connectivity index (χ3n) is 2.54. The fourth-order valence-corrected chi connectivity index (χ4v) is 1.51. The lowest BCUT2D eigenvalue weighted by atomic mass is 10.1. The molecule has 22 heavy (non-hydrogen) atoms. The molecule has 1 aromatic carbocycles. The lowest BCUT2D eigenvalue weighted by Gasteiger charge is -2.06. The lowest BCUT2D eigenvalue weighted by Crippen LogP contribution is -2.23. The number of esters is 1. The summed E-state index contributed by atoms with van der Waals surface area (Å²) in [5.74, 6) is -2.31. The molecule has 0 aliphatic rings. The van der Waals surface area contributed by atoms with Crippen molar-refractivity contribution in [1.82, 2.24) is 5.32 Å². The second-order valence-corrected chi connectivity index (χ2v) is 4.15. The quantitative estimate of drug-likeness (QED) is 0.648. The number of hydrogen-bond acceptors (Lipinski definition) is 3. The van der Waals surface area contributed by atoms with Crippen LogP contribution in [0.2, 0.25) is 0 Å². The first-order valence-corrected chi connectivity index (χ1v) is 6.90. The maximum Gasteiger partial charge on any atom is 0.333 e. The fraction of sp³-hybridized carbons (Fsp3) is 0.375. The van der Waals surface area contributed by atoms with Gasteiger partial charge >= 0.3 is 5.97 Å². The Morgan fingerprint density at radius 3 is 2.18 bits per heavy atom. The molecule has 0 aromatic heterocycles. The van der Waals surface area contributed by atoms with Crippen molar-refractivity contribution in [3.63, 3.8) is 0 Å². The molecule has 0 heterocycles. The van der Waals surface area contributed by atoms with Gasteiger partial charge in [0.2, 0.25) is 5.91 Å². The highest BCUT2D eigenvalue weighted by Crippen LogP contribution is 2.08. The largest absolute Gasteiger partial charge is 0.466 e. The van der Waals surface area contributed by atoms with Crippen molar-refractivity contribution in [3.05, 3.63) is 47.5 Å². The van der Waals surface area contributed by atoms with Gasteiger partial charge in [0.1, 0.15) is 11.6 Å². The van der Waals surface area contributed by atoms with Crippen LogP contribution in [0.5, 0.6) is 0 Å². The van der Waals surface area contributed by atoms with Crippen molar-refractivity contribution in [3.8, 4) is 0 Å². The number of carbonyl (C=O) groups excluding carboxylic acids is 2. The predicted molar refractivity (Wildman–Crippen MR) is 79.9 cm³/mol. The minimum absolute atomic E-state index is 0.0121. The first-order chi connectivity index (χ1) is 10.4. The number of nitrogens with one attached hydrogen (secondary N) is 1. The molecular formula is C16H21F2NO3. The van der Waals surface area contributed by atoms with Crippen molar-refractivity contribution in [1.29, 1.82) is 0 Å². The normalized spacial score (nSPS) is 9.32. The van der Waals surface area contributed by atoms with Gasteiger partial charge in [0.15, 0.2) is 0 Å². The third-order valence-corrected chi connectivity index (χ3v) is 2.54. The van der Waals surface area contributed by atoms with E-state index < -0.39 is 17.6 Å². The Labute approximate surface area is 129 Å². The molecule has 0 saturated carbocycles. The lowest BCUT2D eigenvalue weighted by molar-refractivity contribution is -0.136. The number of halogens is 2. The second kappa shape index (κ2) is 10.5. The van der Waals surface area contributed by atoms with E-state index in [9.17, 15) is 18.4 Å². The Balaban J connectivity index is 0.00000211. The number of amides is 1.